The van der Waals surface area contributed by atoms with Gasteiger partial charge in [-0.25, -0.2) is 0 Å². The highest BCUT2D eigenvalue weighted by Gasteiger charge is 2.21. The van der Waals surface area contributed by atoms with Crippen molar-refractivity contribution in [1.29, 1.82) is 0 Å². The lowest BCUT2D eigenvalue weighted by Gasteiger charge is -1.97. The van der Waals surface area contributed by atoms with Gasteiger partial charge in [0.25, 0.3) is 0 Å². The number of rotatable bonds is 8. The van der Waals surface area contributed by atoms with Crippen LogP contribution in [0.25, 0.3) is 0 Å². The smallest absolute Gasteiger partial charge is 0.196 e. The lowest BCUT2D eigenvalue weighted by molar-refractivity contribution is 0.598. The standard InChI is InChI=1S/C14H23NO2PS/c1-3-5-12-18(13-6-4-2)15-19(16,17)14-10-8-7-9-11-14/h7-11H,3-6,12-13H2,1-2H3/q+1. The molecule has 0 radical (unpaired) electrons. The summed E-state index contributed by atoms with van der Waals surface area (Å²) in [6.07, 6.45) is 6.15. The summed E-state index contributed by atoms with van der Waals surface area (Å²) in [5.41, 5.74) is 0. The van der Waals surface area contributed by atoms with Gasteiger partial charge in [-0.1, -0.05) is 44.9 Å². The van der Waals surface area contributed by atoms with Crippen LogP contribution in [0.1, 0.15) is 39.5 Å². The number of unbranched alkanes of at least 4 members (excludes halogenated alkanes) is 2. The van der Waals surface area contributed by atoms with Gasteiger partial charge in [0.2, 0.25) is 7.71 Å². The molecule has 0 spiro atoms. The van der Waals surface area contributed by atoms with Crippen molar-refractivity contribution >= 4 is 17.7 Å². The molecule has 0 amide bonds. The van der Waals surface area contributed by atoms with E-state index in [1.165, 1.54) is 0 Å². The van der Waals surface area contributed by atoms with Gasteiger partial charge in [-0.3, -0.25) is 0 Å². The van der Waals surface area contributed by atoms with Gasteiger partial charge in [0.1, 0.15) is 12.3 Å². The number of hydrogen-bond acceptors (Lipinski definition) is 2. The second kappa shape index (κ2) is 8.44. The summed E-state index contributed by atoms with van der Waals surface area (Å²) < 4.78 is 28.6. The Hall–Kier alpha value is -0.730. The normalized spacial score (nSPS) is 11.3. The minimum atomic E-state index is -3.47. The number of sulfonamides is 1. The highest BCUT2D eigenvalue weighted by molar-refractivity contribution is 7.92. The molecule has 1 aromatic rings. The maximum absolute atomic E-state index is 12.2. The van der Waals surface area contributed by atoms with Gasteiger partial charge < -0.3 is 0 Å². The molecule has 1 aromatic carbocycles. The van der Waals surface area contributed by atoms with Crippen molar-refractivity contribution in [1.82, 2.24) is 0 Å². The summed E-state index contributed by atoms with van der Waals surface area (Å²) in [7, 11) is -4.21. The van der Waals surface area contributed by atoms with Gasteiger partial charge in [-0.15, -0.1) is 0 Å². The quantitative estimate of drug-likeness (QED) is 0.656. The summed E-state index contributed by atoms with van der Waals surface area (Å²) in [6, 6.07) is 8.53. The Bertz CT molecular complexity index is 487. The van der Waals surface area contributed by atoms with E-state index in [1.807, 2.05) is 6.07 Å². The van der Waals surface area contributed by atoms with E-state index in [0.717, 1.165) is 38.0 Å². The third-order valence-electron chi connectivity index (χ3n) is 2.80. The predicted molar refractivity (Wildman–Crippen MR) is 82.5 cm³/mol. The molecule has 0 aromatic heterocycles. The monoisotopic (exact) mass is 300 g/mol. The van der Waals surface area contributed by atoms with Gasteiger partial charge in [-0.05, 0) is 25.0 Å². The first-order chi connectivity index (χ1) is 9.10. The van der Waals surface area contributed by atoms with Gasteiger partial charge in [0.05, 0.1) is 4.90 Å². The fourth-order valence-corrected chi connectivity index (χ4v) is 6.00. The molecular weight excluding hydrogens is 277 g/mol. The molecule has 0 unspecified atom stereocenters. The maximum Gasteiger partial charge on any atom is 0.316 e. The van der Waals surface area contributed by atoms with Crippen LogP contribution in [0.15, 0.2) is 39.4 Å². The number of nitrogens with zero attached hydrogens (tertiary/aromatic N) is 1. The average Bonchev–Trinajstić information content (AvgIpc) is 2.42. The topological polar surface area (TPSA) is 46.5 Å². The molecular formula is C14H23NO2PS+. The first kappa shape index (κ1) is 16.3. The van der Waals surface area contributed by atoms with Crippen molar-refractivity contribution in [2.24, 2.45) is 4.15 Å². The van der Waals surface area contributed by atoms with Gasteiger partial charge >= 0.3 is 10.0 Å². The minimum absolute atomic E-state index is 0.315. The zero-order valence-corrected chi connectivity index (χ0v) is 13.5. The molecule has 1 rings (SSSR count). The van der Waals surface area contributed by atoms with Crippen molar-refractivity contribution in [2.75, 3.05) is 12.3 Å². The van der Waals surface area contributed by atoms with Crippen LogP contribution in [0.2, 0.25) is 0 Å². The highest BCUT2D eigenvalue weighted by Crippen LogP contribution is 2.32. The van der Waals surface area contributed by atoms with E-state index in [-0.39, 0.29) is 0 Å². The summed E-state index contributed by atoms with van der Waals surface area (Å²) >= 11 is 0. The molecule has 0 atom stereocenters. The van der Waals surface area contributed by atoms with Crippen molar-refractivity contribution in [3.8, 4) is 0 Å². The van der Waals surface area contributed by atoms with Crippen LogP contribution in [0.3, 0.4) is 0 Å². The zero-order valence-electron chi connectivity index (χ0n) is 11.7. The second-order valence-electron chi connectivity index (χ2n) is 4.53. The Kier molecular flexibility index (Phi) is 7.25. The molecule has 0 heterocycles. The van der Waals surface area contributed by atoms with E-state index in [4.69, 9.17) is 0 Å². The Balaban J connectivity index is 2.92. The molecule has 5 heteroatoms. The molecule has 3 nitrogen and oxygen atoms in total. The van der Waals surface area contributed by atoms with E-state index in [0.29, 0.717) is 4.90 Å². The Morgan fingerprint density at radius 3 is 2.00 bits per heavy atom. The van der Waals surface area contributed by atoms with Gasteiger partial charge in [0.15, 0.2) is 0 Å². The van der Waals surface area contributed by atoms with Crippen LogP contribution in [0.4, 0.5) is 0 Å². The van der Waals surface area contributed by atoms with Gasteiger partial charge in [-0.2, -0.15) is 8.42 Å². The number of benzene rings is 1. The maximum atomic E-state index is 12.2. The van der Waals surface area contributed by atoms with E-state index < -0.39 is 17.7 Å². The molecule has 0 saturated carbocycles. The van der Waals surface area contributed by atoms with Crippen molar-refractivity contribution in [3.63, 3.8) is 0 Å². The number of hydrogen-bond donors (Lipinski definition) is 0. The lowest BCUT2D eigenvalue weighted by atomic mass is 10.4. The van der Waals surface area contributed by atoms with E-state index in [2.05, 4.69) is 18.0 Å². The summed E-state index contributed by atoms with van der Waals surface area (Å²) in [4.78, 5) is 0.315. The molecule has 0 N–H and O–H groups in total. The third kappa shape index (κ3) is 5.84. The molecule has 0 fully saturated rings. The van der Waals surface area contributed by atoms with Gasteiger partial charge in [0, 0.05) is 4.15 Å². The van der Waals surface area contributed by atoms with Crippen LogP contribution in [0, 0.1) is 0 Å². The van der Waals surface area contributed by atoms with Crippen LogP contribution >= 0.6 is 7.71 Å². The first-order valence-corrected chi connectivity index (χ1v) is 9.98. The largest absolute Gasteiger partial charge is 0.316 e. The predicted octanol–water partition coefficient (Wildman–Crippen LogP) is 4.64. The Morgan fingerprint density at radius 2 is 1.53 bits per heavy atom. The zero-order chi connectivity index (χ0) is 14.1. The molecule has 0 aliphatic heterocycles. The molecule has 0 aliphatic rings. The summed E-state index contributed by atoms with van der Waals surface area (Å²) in [5.74, 6) is 0. The molecule has 0 aliphatic carbocycles. The van der Waals surface area contributed by atoms with Crippen LogP contribution in [-0.4, -0.2) is 20.7 Å². The van der Waals surface area contributed by atoms with Crippen molar-refractivity contribution in [2.45, 2.75) is 44.4 Å². The molecule has 19 heavy (non-hydrogen) atoms. The SMILES string of the molecule is CCCC[P+](CCCC)=NS(=O)(=O)c1ccccc1. The summed E-state index contributed by atoms with van der Waals surface area (Å²) in [6.45, 7) is 4.25. The lowest BCUT2D eigenvalue weighted by Crippen LogP contribution is -1.96. The van der Waals surface area contributed by atoms with E-state index in [9.17, 15) is 8.42 Å². The molecule has 106 valence electrons. The fourth-order valence-electron chi connectivity index (χ4n) is 1.67. The Labute approximate surface area is 118 Å². The fraction of sp³-hybridized carbons (Fsp3) is 0.571. The molecule has 0 saturated heterocycles. The van der Waals surface area contributed by atoms with Crippen LogP contribution in [-0.2, 0) is 10.0 Å². The van der Waals surface area contributed by atoms with Crippen LogP contribution < -0.4 is 0 Å². The van der Waals surface area contributed by atoms with E-state index in [1.54, 1.807) is 24.3 Å². The first-order valence-electron chi connectivity index (χ1n) is 6.88. The second-order valence-corrected chi connectivity index (χ2v) is 8.51. The summed E-state index contributed by atoms with van der Waals surface area (Å²) in [5, 5.41) is 0. The minimum Gasteiger partial charge on any atom is -0.196 e. The van der Waals surface area contributed by atoms with E-state index >= 15 is 0 Å². The molecule has 0 bridgehead atoms. The third-order valence-corrected chi connectivity index (χ3v) is 7.12. The average molecular weight is 300 g/mol. The Morgan fingerprint density at radius 1 is 1.00 bits per heavy atom. The van der Waals surface area contributed by atoms with Crippen LogP contribution in [0.5, 0.6) is 0 Å². The van der Waals surface area contributed by atoms with Crippen molar-refractivity contribution < 1.29 is 8.42 Å². The van der Waals surface area contributed by atoms with Crippen molar-refractivity contribution in [3.05, 3.63) is 30.3 Å². The highest BCUT2D eigenvalue weighted by atomic mass is 32.2.